The van der Waals surface area contributed by atoms with Gasteiger partial charge in [0.15, 0.2) is 11.6 Å². The number of likely N-dealkylation sites (N-methyl/N-ethyl adjacent to an activating group) is 1. The highest BCUT2D eigenvalue weighted by Crippen LogP contribution is 2.19. The minimum atomic E-state index is -0.842. The van der Waals surface area contributed by atoms with Crippen LogP contribution in [0.1, 0.15) is 38.8 Å². The Morgan fingerprint density at radius 3 is 2.42 bits per heavy atom. The van der Waals surface area contributed by atoms with Crippen molar-refractivity contribution in [1.29, 1.82) is 0 Å². The highest BCUT2D eigenvalue weighted by molar-refractivity contribution is 5.22. The van der Waals surface area contributed by atoms with Gasteiger partial charge in [-0.1, -0.05) is 26.0 Å². The van der Waals surface area contributed by atoms with Gasteiger partial charge in [0.25, 0.3) is 0 Å². The molecule has 0 aromatic heterocycles. The van der Waals surface area contributed by atoms with Gasteiger partial charge in [-0.3, -0.25) is 0 Å². The van der Waals surface area contributed by atoms with E-state index in [1.54, 1.807) is 6.07 Å². The lowest BCUT2D eigenvalue weighted by atomic mass is 10.0. The Balaban J connectivity index is 2.68. The van der Waals surface area contributed by atoms with E-state index in [9.17, 15) is 8.78 Å². The van der Waals surface area contributed by atoms with Gasteiger partial charge in [0, 0.05) is 24.2 Å². The fraction of sp³-hybridized carbons (Fsp3) is 0.600. The first-order valence-corrected chi connectivity index (χ1v) is 6.72. The molecule has 2 atom stereocenters. The van der Waals surface area contributed by atoms with E-state index in [4.69, 9.17) is 5.73 Å². The molecular formula is C15H24F2N2. The molecule has 1 aromatic carbocycles. The average Bonchev–Trinajstić information content (AvgIpc) is 2.31. The maximum Gasteiger partial charge on any atom is 0.163 e. The zero-order valence-electron chi connectivity index (χ0n) is 12.2. The number of hydrogen-bond acceptors (Lipinski definition) is 2. The zero-order chi connectivity index (χ0) is 14.6. The summed E-state index contributed by atoms with van der Waals surface area (Å²) in [7, 11) is 1.96. The molecule has 2 unspecified atom stereocenters. The summed E-state index contributed by atoms with van der Waals surface area (Å²) in [6.07, 6.45) is 1.05. The third-order valence-electron chi connectivity index (χ3n) is 3.43. The second-order valence-corrected chi connectivity index (χ2v) is 5.67. The highest BCUT2D eigenvalue weighted by Gasteiger charge is 2.19. The molecule has 0 bridgehead atoms. The lowest BCUT2D eigenvalue weighted by molar-refractivity contribution is 0.215. The normalized spacial score (nSPS) is 15.0. The van der Waals surface area contributed by atoms with Crippen LogP contribution < -0.4 is 5.73 Å². The van der Waals surface area contributed by atoms with Crippen LogP contribution in [0.2, 0.25) is 0 Å². The van der Waals surface area contributed by atoms with Crippen molar-refractivity contribution in [2.75, 3.05) is 13.6 Å². The Hall–Kier alpha value is -1.00. The number of nitrogens with two attached hydrogens (primary N) is 1. The number of rotatable bonds is 6. The van der Waals surface area contributed by atoms with E-state index in [0.29, 0.717) is 18.5 Å². The maximum absolute atomic E-state index is 13.6. The SMILES string of the molecule is CC(C)CC(C)N(C)CC(N)c1cccc(F)c1F. The monoisotopic (exact) mass is 270 g/mol. The fourth-order valence-electron chi connectivity index (χ4n) is 2.26. The Morgan fingerprint density at radius 1 is 1.21 bits per heavy atom. The van der Waals surface area contributed by atoms with E-state index < -0.39 is 17.7 Å². The minimum absolute atomic E-state index is 0.239. The van der Waals surface area contributed by atoms with Crippen LogP contribution in [-0.4, -0.2) is 24.5 Å². The summed E-state index contributed by atoms with van der Waals surface area (Å²) in [4.78, 5) is 2.09. The Bertz CT molecular complexity index is 407. The Labute approximate surface area is 114 Å². The summed E-state index contributed by atoms with van der Waals surface area (Å²) >= 11 is 0. The molecule has 0 saturated heterocycles. The van der Waals surface area contributed by atoms with Crippen molar-refractivity contribution in [3.05, 3.63) is 35.4 Å². The molecule has 2 nitrogen and oxygen atoms in total. The first-order valence-electron chi connectivity index (χ1n) is 6.72. The molecule has 0 saturated carbocycles. The smallest absolute Gasteiger partial charge is 0.163 e. The van der Waals surface area contributed by atoms with Crippen LogP contribution in [0, 0.1) is 17.6 Å². The zero-order valence-corrected chi connectivity index (χ0v) is 12.2. The standard InChI is InChI=1S/C15H24F2N2/c1-10(2)8-11(3)19(4)9-14(18)12-6-5-7-13(16)15(12)17/h5-7,10-11,14H,8-9,18H2,1-4H3. The summed E-state index contributed by atoms with van der Waals surface area (Å²) in [6, 6.07) is 3.99. The van der Waals surface area contributed by atoms with Gasteiger partial charge in [-0.25, -0.2) is 8.78 Å². The van der Waals surface area contributed by atoms with E-state index in [-0.39, 0.29) is 5.56 Å². The van der Waals surface area contributed by atoms with Gasteiger partial charge in [-0.05, 0) is 32.4 Å². The van der Waals surface area contributed by atoms with Crippen LogP contribution in [0.15, 0.2) is 18.2 Å². The molecule has 108 valence electrons. The lowest BCUT2D eigenvalue weighted by Crippen LogP contribution is -2.36. The van der Waals surface area contributed by atoms with E-state index in [1.165, 1.54) is 6.07 Å². The highest BCUT2D eigenvalue weighted by atomic mass is 19.2. The second-order valence-electron chi connectivity index (χ2n) is 5.67. The van der Waals surface area contributed by atoms with E-state index in [1.807, 2.05) is 7.05 Å². The van der Waals surface area contributed by atoms with Gasteiger partial charge in [-0.15, -0.1) is 0 Å². The molecule has 0 radical (unpaired) electrons. The predicted molar refractivity (Wildman–Crippen MR) is 74.8 cm³/mol. The predicted octanol–water partition coefficient (Wildman–Crippen LogP) is 3.33. The van der Waals surface area contributed by atoms with Crippen LogP contribution in [-0.2, 0) is 0 Å². The minimum Gasteiger partial charge on any atom is -0.323 e. The van der Waals surface area contributed by atoms with Gasteiger partial charge in [0.2, 0.25) is 0 Å². The van der Waals surface area contributed by atoms with Crippen LogP contribution in [0.3, 0.4) is 0 Å². The van der Waals surface area contributed by atoms with Crippen molar-refractivity contribution in [2.45, 2.75) is 39.3 Å². The van der Waals surface area contributed by atoms with Gasteiger partial charge < -0.3 is 10.6 Å². The molecule has 0 spiro atoms. The molecule has 0 aliphatic heterocycles. The van der Waals surface area contributed by atoms with Crippen molar-refractivity contribution in [3.63, 3.8) is 0 Å². The lowest BCUT2D eigenvalue weighted by Gasteiger charge is -2.28. The summed E-state index contributed by atoms with van der Waals surface area (Å²) in [5.74, 6) is -1.08. The van der Waals surface area contributed by atoms with E-state index in [2.05, 4.69) is 25.7 Å². The third kappa shape index (κ3) is 4.55. The van der Waals surface area contributed by atoms with E-state index >= 15 is 0 Å². The summed E-state index contributed by atoms with van der Waals surface area (Å²) in [5, 5.41) is 0. The van der Waals surface area contributed by atoms with Crippen molar-refractivity contribution >= 4 is 0 Å². The quantitative estimate of drug-likeness (QED) is 0.859. The van der Waals surface area contributed by atoms with Gasteiger partial charge >= 0.3 is 0 Å². The molecule has 0 aliphatic rings. The largest absolute Gasteiger partial charge is 0.323 e. The molecule has 19 heavy (non-hydrogen) atoms. The molecule has 1 aromatic rings. The first kappa shape index (κ1) is 16.1. The summed E-state index contributed by atoms with van der Waals surface area (Å²) in [6.45, 7) is 6.95. The number of nitrogens with zero attached hydrogens (tertiary/aromatic N) is 1. The molecule has 0 heterocycles. The van der Waals surface area contributed by atoms with Gasteiger partial charge in [0.1, 0.15) is 0 Å². The molecule has 0 amide bonds. The van der Waals surface area contributed by atoms with Crippen molar-refractivity contribution in [1.82, 2.24) is 4.90 Å². The summed E-state index contributed by atoms with van der Waals surface area (Å²) in [5.41, 5.74) is 6.23. The van der Waals surface area contributed by atoms with Gasteiger partial charge in [-0.2, -0.15) is 0 Å². The molecule has 0 aliphatic carbocycles. The van der Waals surface area contributed by atoms with Crippen LogP contribution in [0.4, 0.5) is 8.78 Å². The Kier molecular flexibility index (Phi) is 5.88. The number of benzene rings is 1. The molecule has 1 rings (SSSR count). The molecule has 4 heteroatoms. The van der Waals surface area contributed by atoms with E-state index in [0.717, 1.165) is 12.5 Å². The van der Waals surface area contributed by atoms with Crippen LogP contribution in [0.5, 0.6) is 0 Å². The fourth-order valence-corrected chi connectivity index (χ4v) is 2.26. The summed E-state index contributed by atoms with van der Waals surface area (Å²) < 4.78 is 26.8. The van der Waals surface area contributed by atoms with Crippen LogP contribution >= 0.6 is 0 Å². The topological polar surface area (TPSA) is 29.3 Å². The molecular weight excluding hydrogens is 246 g/mol. The van der Waals surface area contributed by atoms with Crippen molar-refractivity contribution in [3.8, 4) is 0 Å². The average molecular weight is 270 g/mol. The molecule has 2 N–H and O–H groups in total. The number of hydrogen-bond donors (Lipinski definition) is 1. The molecule has 0 fully saturated rings. The van der Waals surface area contributed by atoms with Gasteiger partial charge in [0.05, 0.1) is 0 Å². The first-order chi connectivity index (χ1) is 8.82. The van der Waals surface area contributed by atoms with Crippen molar-refractivity contribution < 1.29 is 8.78 Å². The maximum atomic E-state index is 13.6. The second kappa shape index (κ2) is 6.96. The van der Waals surface area contributed by atoms with Crippen molar-refractivity contribution in [2.24, 2.45) is 11.7 Å². The Morgan fingerprint density at radius 2 is 1.84 bits per heavy atom. The third-order valence-corrected chi connectivity index (χ3v) is 3.43. The number of halogens is 2. The van der Waals surface area contributed by atoms with Crippen LogP contribution in [0.25, 0.3) is 0 Å².